The number of aromatic nitrogens is 2. The van der Waals surface area contributed by atoms with Crippen molar-refractivity contribution in [3.63, 3.8) is 0 Å². The number of nitrogens with one attached hydrogen (secondary N) is 1. The van der Waals surface area contributed by atoms with Crippen LogP contribution in [0.4, 0.5) is 11.4 Å². The Balaban J connectivity index is 1.61. The summed E-state index contributed by atoms with van der Waals surface area (Å²) >= 11 is 3.36. The minimum absolute atomic E-state index is 0.0236. The lowest BCUT2D eigenvalue weighted by Gasteiger charge is -2.06. The number of nitro benzene ring substituents is 1. The Morgan fingerprint density at radius 1 is 1.30 bits per heavy atom. The van der Waals surface area contributed by atoms with Crippen LogP contribution in [-0.2, 0) is 6.73 Å². The van der Waals surface area contributed by atoms with Gasteiger partial charge in [0.15, 0.2) is 6.73 Å². The summed E-state index contributed by atoms with van der Waals surface area (Å²) in [6.45, 7) is 1.78. The fourth-order valence-electron chi connectivity index (χ4n) is 2.38. The van der Waals surface area contributed by atoms with E-state index >= 15 is 0 Å². The maximum absolute atomic E-state index is 12.3. The van der Waals surface area contributed by atoms with E-state index in [2.05, 4.69) is 26.3 Å². The predicted molar refractivity (Wildman–Crippen MR) is 103 cm³/mol. The number of anilines is 1. The van der Waals surface area contributed by atoms with E-state index in [0.717, 1.165) is 4.47 Å². The van der Waals surface area contributed by atoms with Gasteiger partial charge in [-0.3, -0.25) is 14.9 Å². The number of hydrogen-bond acceptors (Lipinski definition) is 5. The topological polar surface area (TPSA) is 99.3 Å². The Morgan fingerprint density at radius 3 is 2.70 bits per heavy atom. The number of amides is 1. The molecule has 0 fully saturated rings. The molecule has 138 valence electrons. The normalized spacial score (nSPS) is 10.4. The van der Waals surface area contributed by atoms with Gasteiger partial charge in [0.25, 0.3) is 11.6 Å². The Bertz CT molecular complexity index is 985. The number of halogens is 1. The lowest BCUT2D eigenvalue weighted by molar-refractivity contribution is -0.385. The summed E-state index contributed by atoms with van der Waals surface area (Å²) in [5, 5.41) is 17.7. The second kappa shape index (κ2) is 8.00. The maximum atomic E-state index is 12.3. The van der Waals surface area contributed by atoms with E-state index < -0.39 is 4.92 Å². The molecular formula is C18H15BrN4O4. The van der Waals surface area contributed by atoms with Crippen LogP contribution >= 0.6 is 15.9 Å². The second-order valence-corrected chi connectivity index (χ2v) is 6.62. The van der Waals surface area contributed by atoms with E-state index in [0.29, 0.717) is 22.6 Å². The minimum Gasteiger partial charge on any atom is -0.471 e. The summed E-state index contributed by atoms with van der Waals surface area (Å²) in [4.78, 5) is 22.7. The van der Waals surface area contributed by atoms with Gasteiger partial charge in [-0.1, -0.05) is 15.9 Å². The van der Waals surface area contributed by atoms with Crippen molar-refractivity contribution in [1.82, 2.24) is 9.78 Å². The highest BCUT2D eigenvalue weighted by Crippen LogP contribution is 2.20. The molecule has 9 heteroatoms. The molecule has 0 aliphatic rings. The van der Waals surface area contributed by atoms with Crippen molar-refractivity contribution in [2.24, 2.45) is 0 Å². The van der Waals surface area contributed by atoms with Gasteiger partial charge < -0.3 is 10.1 Å². The summed E-state index contributed by atoms with van der Waals surface area (Å²) < 4.78 is 8.10. The molecule has 1 aromatic heterocycles. The summed E-state index contributed by atoms with van der Waals surface area (Å²) in [5.74, 6) is 0.321. The molecule has 3 rings (SSSR count). The smallest absolute Gasteiger partial charge is 0.272 e. The molecule has 1 N–H and O–H groups in total. The van der Waals surface area contributed by atoms with Crippen molar-refractivity contribution in [3.8, 4) is 5.75 Å². The molecule has 27 heavy (non-hydrogen) atoms. The zero-order chi connectivity index (χ0) is 19.4. The van der Waals surface area contributed by atoms with Crippen LogP contribution in [0.2, 0.25) is 0 Å². The average Bonchev–Trinajstić information content (AvgIpc) is 3.08. The molecule has 0 spiro atoms. The van der Waals surface area contributed by atoms with E-state index in [-0.39, 0.29) is 18.3 Å². The number of rotatable bonds is 6. The molecule has 3 aromatic rings. The molecule has 0 saturated carbocycles. The Kier molecular flexibility index (Phi) is 5.51. The van der Waals surface area contributed by atoms with Gasteiger partial charge in [0, 0.05) is 21.7 Å². The standard InChI is InChI=1S/C18H15BrN4O4/c1-12-8-13(2-7-17(12)23(25)26)18(24)21-15-9-20-22(10-15)11-27-16-5-3-14(19)4-6-16/h2-10H,11H2,1H3,(H,21,24). The highest BCUT2D eigenvalue weighted by Gasteiger charge is 2.14. The number of carbonyl (C=O) groups excluding carboxylic acids is 1. The number of hydrogen-bond donors (Lipinski definition) is 1. The van der Waals surface area contributed by atoms with Crippen molar-refractivity contribution >= 4 is 33.2 Å². The van der Waals surface area contributed by atoms with Gasteiger partial charge in [0.05, 0.1) is 23.0 Å². The van der Waals surface area contributed by atoms with Crippen LogP contribution in [0.25, 0.3) is 0 Å². The van der Waals surface area contributed by atoms with Gasteiger partial charge in [-0.25, -0.2) is 4.68 Å². The summed E-state index contributed by atoms with van der Waals surface area (Å²) in [5.41, 5.74) is 1.23. The fourth-order valence-corrected chi connectivity index (χ4v) is 2.64. The number of nitrogens with zero attached hydrogens (tertiary/aromatic N) is 3. The third kappa shape index (κ3) is 4.70. The number of benzene rings is 2. The molecular weight excluding hydrogens is 416 g/mol. The number of carbonyl (C=O) groups is 1. The molecule has 0 radical (unpaired) electrons. The van der Waals surface area contributed by atoms with Gasteiger partial charge in [-0.15, -0.1) is 0 Å². The molecule has 8 nitrogen and oxygen atoms in total. The molecule has 0 bridgehead atoms. The lowest BCUT2D eigenvalue weighted by atomic mass is 10.1. The monoisotopic (exact) mass is 430 g/mol. The van der Waals surface area contributed by atoms with Crippen molar-refractivity contribution in [3.05, 3.63) is 80.6 Å². The molecule has 0 aliphatic heterocycles. The fraction of sp³-hybridized carbons (Fsp3) is 0.111. The SMILES string of the molecule is Cc1cc(C(=O)Nc2cnn(COc3ccc(Br)cc3)c2)ccc1[N+](=O)[O-]. The van der Waals surface area contributed by atoms with Crippen LogP contribution in [0.5, 0.6) is 5.75 Å². The Labute approximate surface area is 163 Å². The average molecular weight is 431 g/mol. The second-order valence-electron chi connectivity index (χ2n) is 5.71. The van der Waals surface area contributed by atoms with Crippen molar-refractivity contribution in [2.45, 2.75) is 13.7 Å². The van der Waals surface area contributed by atoms with Crippen molar-refractivity contribution < 1.29 is 14.5 Å². The largest absolute Gasteiger partial charge is 0.471 e. The van der Waals surface area contributed by atoms with E-state index in [4.69, 9.17) is 4.74 Å². The molecule has 0 atom stereocenters. The van der Waals surface area contributed by atoms with E-state index in [1.165, 1.54) is 24.4 Å². The first kappa shape index (κ1) is 18.6. The number of nitro groups is 1. The van der Waals surface area contributed by atoms with Gasteiger partial charge in [-0.05, 0) is 43.3 Å². The van der Waals surface area contributed by atoms with E-state index in [9.17, 15) is 14.9 Å². The van der Waals surface area contributed by atoms with E-state index in [1.807, 2.05) is 24.3 Å². The summed E-state index contributed by atoms with van der Waals surface area (Å²) in [7, 11) is 0. The quantitative estimate of drug-likeness (QED) is 0.467. The van der Waals surface area contributed by atoms with E-state index in [1.54, 1.807) is 17.8 Å². The third-order valence-corrected chi connectivity index (χ3v) is 4.25. The van der Waals surface area contributed by atoms with Crippen LogP contribution in [0.15, 0.2) is 59.3 Å². The zero-order valence-corrected chi connectivity index (χ0v) is 15.8. The predicted octanol–water partition coefficient (Wildman–Crippen LogP) is 4.15. The molecule has 1 heterocycles. The van der Waals surface area contributed by atoms with Crippen LogP contribution < -0.4 is 10.1 Å². The van der Waals surface area contributed by atoms with Gasteiger partial charge in [-0.2, -0.15) is 5.10 Å². The Hall–Kier alpha value is -3.20. The molecule has 1 amide bonds. The number of aryl methyl sites for hydroxylation is 1. The molecule has 0 aliphatic carbocycles. The summed E-state index contributed by atoms with van der Waals surface area (Å²) in [6.07, 6.45) is 3.14. The van der Waals surface area contributed by atoms with Gasteiger partial charge >= 0.3 is 0 Å². The van der Waals surface area contributed by atoms with Crippen LogP contribution in [0, 0.1) is 17.0 Å². The van der Waals surface area contributed by atoms with Crippen LogP contribution in [-0.4, -0.2) is 20.6 Å². The first-order valence-electron chi connectivity index (χ1n) is 7.89. The Morgan fingerprint density at radius 2 is 2.04 bits per heavy atom. The van der Waals surface area contributed by atoms with Crippen LogP contribution in [0.3, 0.4) is 0 Å². The number of ether oxygens (including phenoxy) is 1. The molecule has 2 aromatic carbocycles. The third-order valence-electron chi connectivity index (χ3n) is 3.72. The van der Waals surface area contributed by atoms with Gasteiger partial charge in [0.1, 0.15) is 5.75 Å². The lowest BCUT2D eigenvalue weighted by Crippen LogP contribution is -2.12. The van der Waals surface area contributed by atoms with Crippen molar-refractivity contribution in [2.75, 3.05) is 5.32 Å². The maximum Gasteiger partial charge on any atom is 0.272 e. The van der Waals surface area contributed by atoms with Gasteiger partial charge in [0.2, 0.25) is 0 Å². The first-order valence-corrected chi connectivity index (χ1v) is 8.69. The molecule has 0 saturated heterocycles. The van der Waals surface area contributed by atoms with Crippen molar-refractivity contribution in [1.29, 1.82) is 0 Å². The van der Waals surface area contributed by atoms with Crippen LogP contribution in [0.1, 0.15) is 15.9 Å². The highest BCUT2D eigenvalue weighted by atomic mass is 79.9. The zero-order valence-electron chi connectivity index (χ0n) is 14.3. The first-order chi connectivity index (χ1) is 12.9. The molecule has 0 unspecified atom stereocenters. The summed E-state index contributed by atoms with van der Waals surface area (Å²) in [6, 6.07) is 11.6. The highest BCUT2D eigenvalue weighted by molar-refractivity contribution is 9.10. The minimum atomic E-state index is -0.480.